The van der Waals surface area contributed by atoms with Gasteiger partial charge in [-0.15, -0.1) is 0 Å². The summed E-state index contributed by atoms with van der Waals surface area (Å²) < 4.78 is 7.38. The zero-order valence-corrected chi connectivity index (χ0v) is 14.7. The van der Waals surface area contributed by atoms with Crippen LogP contribution in [0.25, 0.3) is 16.7 Å². The Kier molecular flexibility index (Phi) is 4.37. The Morgan fingerprint density at radius 2 is 1.96 bits per heavy atom. The Bertz CT molecular complexity index is 978. The lowest BCUT2D eigenvalue weighted by molar-refractivity contribution is 0.269. The number of nitrogens with zero attached hydrogens (tertiary/aromatic N) is 5. The number of aromatic nitrogens is 4. The summed E-state index contributed by atoms with van der Waals surface area (Å²) in [5.74, 6) is 1.67. The van der Waals surface area contributed by atoms with Crippen molar-refractivity contribution in [1.29, 1.82) is 0 Å². The largest absolute Gasteiger partial charge is 0.468 e. The molecule has 0 saturated carbocycles. The van der Waals surface area contributed by atoms with Gasteiger partial charge in [-0.1, -0.05) is 18.2 Å². The average Bonchev–Trinajstić information content (AvgIpc) is 3.32. The van der Waals surface area contributed by atoms with Gasteiger partial charge in [0.15, 0.2) is 5.65 Å². The summed E-state index contributed by atoms with van der Waals surface area (Å²) in [4.78, 5) is 10.9. The number of anilines is 1. The highest BCUT2D eigenvalue weighted by Crippen LogP contribution is 2.24. The van der Waals surface area contributed by atoms with Gasteiger partial charge in [0, 0.05) is 6.54 Å². The number of nitrogens with one attached hydrogen (secondary N) is 1. The van der Waals surface area contributed by atoms with E-state index in [0.29, 0.717) is 6.54 Å². The molecule has 3 heterocycles. The summed E-state index contributed by atoms with van der Waals surface area (Å²) in [5, 5.41) is 8.78. The number of fused-ring (bicyclic) bond motifs is 1. The number of hydrogen-bond acceptors (Lipinski definition) is 6. The number of benzene rings is 1. The molecular weight excluding hydrogens is 328 g/mol. The molecule has 0 radical (unpaired) electrons. The van der Waals surface area contributed by atoms with E-state index in [1.165, 1.54) is 0 Å². The monoisotopic (exact) mass is 348 g/mol. The Labute approximate surface area is 151 Å². The second-order valence-corrected chi connectivity index (χ2v) is 6.23. The zero-order valence-electron chi connectivity index (χ0n) is 14.7. The van der Waals surface area contributed by atoms with Gasteiger partial charge in [0.25, 0.3) is 0 Å². The van der Waals surface area contributed by atoms with Crippen LogP contribution >= 0.6 is 0 Å². The number of hydrogen-bond donors (Lipinski definition) is 1. The van der Waals surface area contributed by atoms with Gasteiger partial charge in [0.1, 0.15) is 17.9 Å². The smallest absolute Gasteiger partial charge is 0.168 e. The highest BCUT2D eigenvalue weighted by atomic mass is 16.3. The van der Waals surface area contributed by atoms with E-state index in [4.69, 9.17) is 4.42 Å². The van der Waals surface area contributed by atoms with E-state index >= 15 is 0 Å². The van der Waals surface area contributed by atoms with Crippen molar-refractivity contribution in [3.05, 3.63) is 67.0 Å². The molecule has 1 aromatic carbocycles. The van der Waals surface area contributed by atoms with Crippen LogP contribution in [0.1, 0.15) is 11.8 Å². The number of para-hydroxylation sites is 1. The molecule has 0 aliphatic rings. The van der Waals surface area contributed by atoms with Gasteiger partial charge in [-0.3, -0.25) is 4.90 Å². The lowest BCUT2D eigenvalue weighted by Gasteiger charge is -2.22. The first-order valence-corrected chi connectivity index (χ1v) is 8.42. The van der Waals surface area contributed by atoms with Gasteiger partial charge in [-0.05, 0) is 38.4 Å². The standard InChI is InChI=1S/C19H20N6O/c1-24(2)16(17-9-6-10-26-17)12-20-18-15-11-23-25(19(15)22-13-21-18)14-7-4-3-5-8-14/h3-11,13,16H,12H2,1-2H3,(H,20,21,22). The molecule has 0 spiro atoms. The molecule has 0 aliphatic carbocycles. The van der Waals surface area contributed by atoms with Crippen LogP contribution in [0.3, 0.4) is 0 Å². The molecule has 1 unspecified atom stereocenters. The lowest BCUT2D eigenvalue weighted by Crippen LogP contribution is -2.26. The fourth-order valence-corrected chi connectivity index (χ4v) is 2.95. The molecule has 0 aliphatic heterocycles. The minimum atomic E-state index is 0.0965. The van der Waals surface area contributed by atoms with E-state index in [1.807, 2.05) is 61.2 Å². The van der Waals surface area contributed by atoms with Crippen LogP contribution in [-0.4, -0.2) is 45.3 Å². The third-order valence-corrected chi connectivity index (χ3v) is 4.32. The summed E-state index contributed by atoms with van der Waals surface area (Å²) in [6.07, 6.45) is 5.05. The van der Waals surface area contributed by atoms with E-state index in [0.717, 1.165) is 28.3 Å². The molecule has 26 heavy (non-hydrogen) atoms. The fraction of sp³-hybridized carbons (Fsp3) is 0.211. The quantitative estimate of drug-likeness (QED) is 0.577. The van der Waals surface area contributed by atoms with Crippen LogP contribution < -0.4 is 5.32 Å². The maximum absolute atomic E-state index is 5.56. The first-order chi connectivity index (χ1) is 12.7. The second kappa shape index (κ2) is 6.97. The lowest BCUT2D eigenvalue weighted by atomic mass is 10.2. The first kappa shape index (κ1) is 16.3. The molecule has 4 rings (SSSR count). The number of rotatable bonds is 6. The van der Waals surface area contributed by atoms with Crippen LogP contribution in [0.4, 0.5) is 5.82 Å². The Hall–Kier alpha value is -3.19. The highest BCUT2D eigenvalue weighted by molar-refractivity contribution is 5.87. The van der Waals surface area contributed by atoms with Crippen molar-refractivity contribution < 1.29 is 4.42 Å². The van der Waals surface area contributed by atoms with Gasteiger partial charge < -0.3 is 9.73 Å². The summed E-state index contributed by atoms with van der Waals surface area (Å²) in [7, 11) is 4.05. The van der Waals surface area contributed by atoms with Crippen molar-refractivity contribution in [3.8, 4) is 5.69 Å². The topological polar surface area (TPSA) is 72.0 Å². The molecule has 0 amide bonds. The van der Waals surface area contributed by atoms with Gasteiger partial charge in [0.2, 0.25) is 0 Å². The molecule has 7 nitrogen and oxygen atoms in total. The van der Waals surface area contributed by atoms with Gasteiger partial charge >= 0.3 is 0 Å². The summed E-state index contributed by atoms with van der Waals surface area (Å²) in [6, 6.07) is 13.9. The zero-order chi connectivity index (χ0) is 17.9. The van der Waals surface area contributed by atoms with Crippen LogP contribution in [0.2, 0.25) is 0 Å². The fourth-order valence-electron chi connectivity index (χ4n) is 2.95. The van der Waals surface area contributed by atoms with E-state index in [-0.39, 0.29) is 6.04 Å². The van der Waals surface area contributed by atoms with E-state index in [2.05, 4.69) is 25.3 Å². The van der Waals surface area contributed by atoms with E-state index in [9.17, 15) is 0 Å². The van der Waals surface area contributed by atoms with Gasteiger partial charge in [0.05, 0.1) is 29.6 Å². The molecule has 0 fully saturated rings. The predicted molar refractivity (Wildman–Crippen MR) is 100 cm³/mol. The second-order valence-electron chi connectivity index (χ2n) is 6.23. The minimum Gasteiger partial charge on any atom is -0.468 e. The summed E-state index contributed by atoms with van der Waals surface area (Å²) >= 11 is 0. The van der Waals surface area contributed by atoms with Crippen LogP contribution in [0.5, 0.6) is 0 Å². The van der Waals surface area contributed by atoms with Crippen molar-refractivity contribution in [2.24, 2.45) is 0 Å². The Balaban J connectivity index is 1.62. The van der Waals surface area contributed by atoms with Gasteiger partial charge in [-0.25, -0.2) is 14.6 Å². The molecule has 0 bridgehead atoms. The number of furan rings is 1. The molecule has 0 saturated heterocycles. The number of likely N-dealkylation sites (N-methyl/N-ethyl adjacent to an activating group) is 1. The molecule has 7 heteroatoms. The molecule has 132 valence electrons. The van der Waals surface area contributed by atoms with Crippen LogP contribution in [0, 0.1) is 0 Å². The van der Waals surface area contributed by atoms with Crippen molar-refractivity contribution in [2.45, 2.75) is 6.04 Å². The van der Waals surface area contributed by atoms with E-state index < -0.39 is 0 Å². The molecule has 3 aromatic heterocycles. The van der Waals surface area contributed by atoms with Crippen molar-refractivity contribution >= 4 is 16.9 Å². The minimum absolute atomic E-state index is 0.0965. The van der Waals surface area contributed by atoms with Crippen molar-refractivity contribution in [1.82, 2.24) is 24.6 Å². The van der Waals surface area contributed by atoms with Gasteiger partial charge in [-0.2, -0.15) is 5.10 Å². The molecule has 4 aromatic rings. The maximum Gasteiger partial charge on any atom is 0.168 e. The average molecular weight is 348 g/mol. The summed E-state index contributed by atoms with van der Waals surface area (Å²) in [5.41, 5.74) is 1.74. The van der Waals surface area contributed by atoms with Crippen molar-refractivity contribution in [2.75, 3.05) is 26.0 Å². The molecular formula is C19H20N6O. The SMILES string of the molecule is CN(C)C(CNc1ncnc2c1cnn2-c1ccccc1)c1ccco1. The maximum atomic E-state index is 5.56. The third kappa shape index (κ3) is 3.04. The van der Waals surface area contributed by atoms with E-state index in [1.54, 1.807) is 18.8 Å². The Morgan fingerprint density at radius 3 is 2.69 bits per heavy atom. The first-order valence-electron chi connectivity index (χ1n) is 8.42. The normalized spacial score (nSPS) is 12.6. The van der Waals surface area contributed by atoms with Crippen molar-refractivity contribution in [3.63, 3.8) is 0 Å². The van der Waals surface area contributed by atoms with Crippen LogP contribution in [0.15, 0.2) is 65.7 Å². The summed E-state index contributed by atoms with van der Waals surface area (Å²) in [6.45, 7) is 0.656. The highest BCUT2D eigenvalue weighted by Gasteiger charge is 2.18. The Morgan fingerprint density at radius 1 is 1.12 bits per heavy atom. The molecule has 1 N–H and O–H groups in total. The van der Waals surface area contributed by atoms with Crippen LogP contribution in [-0.2, 0) is 0 Å². The molecule has 1 atom stereocenters. The predicted octanol–water partition coefficient (Wildman–Crippen LogP) is 3.12. The third-order valence-electron chi connectivity index (χ3n) is 4.32.